The van der Waals surface area contributed by atoms with Crippen molar-refractivity contribution in [2.24, 2.45) is 11.5 Å². The molecule has 2 aliphatic heterocycles. The van der Waals surface area contributed by atoms with Gasteiger partial charge in [-0.2, -0.15) is 0 Å². The number of nitrogens with two attached hydrogens (primary N) is 2. The molecule has 3 rings (SSSR count). The molecule has 286 valence electrons. The molecule has 3 aliphatic rings. The van der Waals surface area contributed by atoms with Crippen LogP contribution in [0.2, 0.25) is 0 Å². The fraction of sp³-hybridized carbons (Fsp3) is 0.788. The molecule has 0 aromatic carbocycles. The fourth-order valence-corrected chi connectivity index (χ4v) is 5.79. The van der Waals surface area contributed by atoms with Gasteiger partial charge in [0.05, 0.1) is 45.1 Å². The maximum Gasteiger partial charge on any atom is 0.273 e. The number of aliphatic hydroxyl groups excluding tert-OH is 1. The molecule has 0 saturated heterocycles. The van der Waals surface area contributed by atoms with Gasteiger partial charge in [0.15, 0.2) is 12.6 Å². The highest BCUT2D eigenvalue weighted by molar-refractivity contribution is 5.95. The van der Waals surface area contributed by atoms with Crippen LogP contribution < -0.4 is 43.4 Å². The van der Waals surface area contributed by atoms with Crippen LogP contribution in [-0.4, -0.2) is 135 Å². The Morgan fingerprint density at radius 3 is 2.38 bits per heavy atom. The first-order valence-corrected chi connectivity index (χ1v) is 17.7. The quantitative estimate of drug-likeness (QED) is 0.0397. The van der Waals surface area contributed by atoms with E-state index >= 15 is 0 Å². The molecule has 50 heavy (non-hydrogen) atoms. The van der Waals surface area contributed by atoms with Gasteiger partial charge < -0.3 is 62.1 Å². The first-order valence-electron chi connectivity index (χ1n) is 17.7. The number of ketones is 1. The van der Waals surface area contributed by atoms with Crippen LogP contribution in [0.25, 0.3) is 0 Å². The van der Waals surface area contributed by atoms with E-state index < -0.39 is 18.6 Å². The molecule has 17 heteroatoms. The maximum absolute atomic E-state index is 12.9. The molecule has 2 heterocycles. The highest BCUT2D eigenvalue weighted by Gasteiger charge is 2.31. The van der Waals surface area contributed by atoms with Gasteiger partial charge in [-0.25, -0.2) is 0 Å². The average Bonchev–Trinajstić information content (AvgIpc) is 3.07. The largest absolute Gasteiger partial charge is 0.379 e. The Labute approximate surface area is 295 Å². The van der Waals surface area contributed by atoms with Crippen LogP contribution in [0.15, 0.2) is 23.2 Å². The van der Waals surface area contributed by atoms with Crippen molar-refractivity contribution < 1.29 is 38.8 Å². The number of ether oxygens (including phenoxy) is 3. The maximum atomic E-state index is 12.9. The van der Waals surface area contributed by atoms with E-state index in [9.17, 15) is 24.6 Å². The number of hydrogen-bond acceptors (Lipinski definition) is 15. The molecule has 0 fully saturated rings. The molecular weight excluding hydrogens is 650 g/mol. The molecule has 0 radical (unpaired) electrons. The van der Waals surface area contributed by atoms with E-state index in [4.69, 9.17) is 25.7 Å². The second kappa shape index (κ2) is 21.5. The lowest BCUT2D eigenvalue weighted by atomic mass is 9.94. The number of nitrogens with one attached hydrogen (secondary N) is 6. The second-order valence-corrected chi connectivity index (χ2v) is 13.8. The van der Waals surface area contributed by atoms with Gasteiger partial charge in [0.2, 0.25) is 5.91 Å². The Balaban J connectivity index is 1.21. The average molecular weight is 712 g/mol. The Hall–Kier alpha value is -2.87. The lowest BCUT2D eigenvalue weighted by Crippen LogP contribution is -2.64. The molecule has 0 bridgehead atoms. The normalized spacial score (nSPS) is 21.5. The lowest BCUT2D eigenvalue weighted by Gasteiger charge is -2.36. The summed E-state index contributed by atoms with van der Waals surface area (Å²) in [6.45, 7) is 11.6. The van der Waals surface area contributed by atoms with Crippen LogP contribution in [0.5, 0.6) is 0 Å². The zero-order chi connectivity index (χ0) is 36.5. The number of aliphatic hydroxyl groups is 2. The first kappa shape index (κ1) is 41.5. The van der Waals surface area contributed by atoms with Gasteiger partial charge >= 0.3 is 0 Å². The van der Waals surface area contributed by atoms with Crippen LogP contribution >= 0.6 is 0 Å². The van der Waals surface area contributed by atoms with E-state index in [0.717, 1.165) is 13.0 Å². The molecule has 4 atom stereocenters. The van der Waals surface area contributed by atoms with Gasteiger partial charge in [-0.15, -0.1) is 0 Å². The minimum absolute atomic E-state index is 0.000537. The van der Waals surface area contributed by atoms with E-state index in [-0.39, 0.29) is 48.1 Å². The van der Waals surface area contributed by atoms with E-state index in [2.05, 4.69) is 57.6 Å². The zero-order valence-corrected chi connectivity index (χ0v) is 29.9. The van der Waals surface area contributed by atoms with Crippen LogP contribution in [0.3, 0.4) is 0 Å². The Kier molecular flexibility index (Phi) is 17.9. The summed E-state index contributed by atoms with van der Waals surface area (Å²) in [5.41, 5.74) is 12.5. The fourth-order valence-electron chi connectivity index (χ4n) is 5.79. The van der Waals surface area contributed by atoms with Crippen molar-refractivity contribution in [1.29, 1.82) is 0 Å². The predicted molar refractivity (Wildman–Crippen MR) is 187 cm³/mol. The van der Waals surface area contributed by atoms with E-state index in [1.807, 2.05) is 6.08 Å². The van der Waals surface area contributed by atoms with Crippen LogP contribution in [0.4, 0.5) is 0 Å². The van der Waals surface area contributed by atoms with Crippen LogP contribution in [0.1, 0.15) is 65.7 Å². The highest BCUT2D eigenvalue weighted by atomic mass is 16.5. The zero-order valence-electron chi connectivity index (χ0n) is 29.9. The van der Waals surface area contributed by atoms with Gasteiger partial charge in [0.1, 0.15) is 17.3 Å². The lowest BCUT2D eigenvalue weighted by molar-refractivity contribution is -0.126. The molecule has 2 amide bonds. The van der Waals surface area contributed by atoms with Crippen molar-refractivity contribution in [3.63, 3.8) is 0 Å². The molecule has 0 saturated carbocycles. The summed E-state index contributed by atoms with van der Waals surface area (Å²) in [7, 11) is 0. The van der Waals surface area contributed by atoms with Gasteiger partial charge in [-0.05, 0) is 52.9 Å². The number of hydrogen-bond donors (Lipinski definition) is 10. The highest BCUT2D eigenvalue weighted by Crippen LogP contribution is 2.20. The van der Waals surface area contributed by atoms with E-state index in [1.54, 1.807) is 0 Å². The molecule has 12 N–H and O–H groups in total. The summed E-state index contributed by atoms with van der Waals surface area (Å²) in [5, 5.41) is 37.9. The third-order valence-corrected chi connectivity index (χ3v) is 8.87. The van der Waals surface area contributed by atoms with Gasteiger partial charge in [-0.1, -0.05) is 6.08 Å². The number of amides is 2. The SMILES string of the molecule is CC(C)(C)N(CN)CCOCCOCCOCCCC(=O)CC[C@H](NC(=O)C1=CCC(NC[C@@H]2CNC3=C(N2)C(=O)N[C@@H](N)N3)CC1)C(O)O. The van der Waals surface area contributed by atoms with Crippen molar-refractivity contribution >= 4 is 17.6 Å². The van der Waals surface area contributed by atoms with Crippen molar-refractivity contribution in [3.05, 3.63) is 23.2 Å². The summed E-state index contributed by atoms with van der Waals surface area (Å²) in [6, 6.07) is -0.815. The third-order valence-electron chi connectivity index (χ3n) is 8.87. The molecule has 0 aromatic rings. The third kappa shape index (κ3) is 14.8. The first-order chi connectivity index (χ1) is 23.9. The monoisotopic (exact) mass is 711 g/mol. The minimum Gasteiger partial charge on any atom is -0.379 e. The van der Waals surface area contributed by atoms with Crippen molar-refractivity contribution in [2.75, 3.05) is 65.9 Å². The topological polar surface area (TPSA) is 247 Å². The number of carbonyl (C=O) groups is 3. The van der Waals surface area contributed by atoms with Crippen molar-refractivity contribution in [2.45, 2.75) is 102 Å². The summed E-state index contributed by atoms with van der Waals surface area (Å²) in [5.74, 6) is -0.0693. The molecule has 0 spiro atoms. The summed E-state index contributed by atoms with van der Waals surface area (Å²) in [4.78, 5) is 39.7. The number of rotatable bonds is 23. The van der Waals surface area contributed by atoms with Gasteiger partial charge in [0.25, 0.3) is 5.91 Å². The van der Waals surface area contributed by atoms with Gasteiger partial charge in [-0.3, -0.25) is 25.0 Å². The summed E-state index contributed by atoms with van der Waals surface area (Å²) < 4.78 is 16.7. The smallest absolute Gasteiger partial charge is 0.273 e. The Morgan fingerprint density at radius 2 is 1.74 bits per heavy atom. The van der Waals surface area contributed by atoms with E-state index in [1.165, 1.54) is 0 Å². The Morgan fingerprint density at radius 1 is 1.04 bits per heavy atom. The molecule has 1 aliphatic carbocycles. The Bertz CT molecular complexity index is 1150. The summed E-state index contributed by atoms with van der Waals surface area (Å²) >= 11 is 0. The van der Waals surface area contributed by atoms with Crippen molar-refractivity contribution in [3.8, 4) is 0 Å². The van der Waals surface area contributed by atoms with Crippen LogP contribution in [-0.2, 0) is 28.6 Å². The van der Waals surface area contributed by atoms with Crippen molar-refractivity contribution in [1.82, 2.24) is 36.8 Å². The predicted octanol–water partition coefficient (Wildman–Crippen LogP) is -2.26. The molecule has 0 aromatic heterocycles. The number of nitrogens with zero attached hydrogens (tertiary/aromatic N) is 1. The standard InChI is InChI=1S/C33H61N9O8/c1-33(2,3)42(21-34)12-14-49-16-18-50-17-15-48-13-4-5-25(43)10-11-26(31(46)47)39-29(44)22-6-8-23(9-7-22)36-19-24-20-37-28-27(38-24)30(45)41-32(35)40-28/h6,23-24,26,31-32,36-38,40,46-47H,4-5,7-21,34-35H2,1-3H3,(H,39,44)(H,41,45)/t23?,24-,26+,32+/m1/s1. The van der Waals surface area contributed by atoms with Crippen LogP contribution in [0, 0.1) is 0 Å². The summed E-state index contributed by atoms with van der Waals surface area (Å²) in [6.07, 6.45) is 2.41. The molecule has 17 nitrogen and oxygen atoms in total. The molecule has 1 unspecified atom stereocenters. The number of carbonyl (C=O) groups excluding carboxylic acids is 3. The number of Topliss-reactive ketones (excluding diaryl/α,β-unsaturated/α-hetero) is 1. The minimum atomic E-state index is -1.78. The van der Waals surface area contributed by atoms with E-state index in [0.29, 0.717) is 102 Å². The van der Waals surface area contributed by atoms with Gasteiger partial charge in [0, 0.05) is 62.9 Å². The molecular formula is C33H61N9O8. The second-order valence-electron chi connectivity index (χ2n) is 13.8.